The molecule has 0 rings (SSSR count). The van der Waals surface area contributed by atoms with Gasteiger partial charge in [-0.05, 0) is 19.3 Å². The molecule has 2 unspecified atom stereocenters. The molecule has 0 heterocycles. The number of alkyl halides is 2. The molecule has 0 saturated heterocycles. The second-order valence-electron chi connectivity index (χ2n) is 10.1. The van der Waals surface area contributed by atoms with Crippen LogP contribution in [-0.4, -0.2) is 41.3 Å². The van der Waals surface area contributed by atoms with Crippen LogP contribution in [0.2, 0.25) is 0 Å². The second kappa shape index (κ2) is 22.2. The summed E-state index contributed by atoms with van der Waals surface area (Å²) in [5.41, 5.74) is 2.60. The molecule has 0 aliphatic carbocycles. The maximum absolute atomic E-state index is 12.8. The molecule has 0 fully saturated rings. The first-order valence-corrected chi connectivity index (χ1v) is 14.3. The smallest absolute Gasteiger partial charge is 0.329 e. The average Bonchev–Trinajstić information content (AvgIpc) is 2.83. The number of rotatable bonds is 25. The molecular weight excluding hydrogens is 484 g/mol. The number of hydrogen-bond donors (Lipinski definition) is 2. The fraction of sp³-hybridized carbons (Fsp3) is 0.893. The van der Waals surface area contributed by atoms with Crippen LogP contribution < -0.4 is 5.73 Å². The molecule has 7 nitrogen and oxygen atoms in total. The normalized spacial score (nSPS) is 13.8. The number of carbonyl (C=O) groups is 3. The summed E-state index contributed by atoms with van der Waals surface area (Å²) < 4.78 is 35.7. The van der Waals surface area contributed by atoms with E-state index < -0.39 is 42.6 Å². The second-order valence-corrected chi connectivity index (χ2v) is 10.1. The van der Waals surface area contributed by atoms with Gasteiger partial charge in [-0.1, -0.05) is 103 Å². The van der Waals surface area contributed by atoms with Crippen molar-refractivity contribution in [3.63, 3.8) is 0 Å². The number of esters is 2. The molecule has 0 spiro atoms. The highest BCUT2D eigenvalue weighted by Gasteiger charge is 2.43. The summed E-state index contributed by atoms with van der Waals surface area (Å²) in [7, 11) is 0. The largest absolute Gasteiger partial charge is 0.480 e. The number of hydrogen-bond acceptors (Lipinski definition) is 6. The van der Waals surface area contributed by atoms with Crippen LogP contribution in [0.5, 0.6) is 0 Å². The van der Waals surface area contributed by atoms with Gasteiger partial charge in [-0.3, -0.25) is 9.59 Å². The maximum atomic E-state index is 12.8. The lowest BCUT2D eigenvalue weighted by Gasteiger charge is -2.23. The molecule has 0 aromatic heterocycles. The highest BCUT2D eigenvalue weighted by molar-refractivity contribution is 5.79. The standard InChI is InChI=1S/C28H51F2NO6/c1-3-4-5-6-7-8-9-10-11-12-13-14-15-16-17-20-24(32)36-23(2)37-25(33)21-18-19-22-28(31,26(29)30)27(34)35/h23,26H,3-22,31H2,1-2H3,(H,34,35). The van der Waals surface area contributed by atoms with Gasteiger partial charge in [-0.25, -0.2) is 13.6 Å². The van der Waals surface area contributed by atoms with E-state index in [4.69, 9.17) is 20.3 Å². The number of aliphatic carboxylic acids is 1. The zero-order valence-electron chi connectivity index (χ0n) is 23.1. The first kappa shape index (κ1) is 35.2. The van der Waals surface area contributed by atoms with Gasteiger partial charge in [0.15, 0.2) is 5.54 Å². The predicted molar refractivity (Wildman–Crippen MR) is 140 cm³/mol. The number of carbonyl (C=O) groups excluding carboxylic acids is 2. The summed E-state index contributed by atoms with van der Waals surface area (Å²) in [5.74, 6) is -2.86. The average molecular weight is 536 g/mol. The third-order valence-corrected chi connectivity index (χ3v) is 6.59. The zero-order valence-corrected chi connectivity index (χ0v) is 23.1. The molecule has 0 aromatic rings. The van der Waals surface area contributed by atoms with Crippen LogP contribution in [0.25, 0.3) is 0 Å². The van der Waals surface area contributed by atoms with Gasteiger partial charge in [0, 0.05) is 19.8 Å². The number of unbranched alkanes of at least 4 members (excludes halogenated alkanes) is 15. The molecule has 3 N–H and O–H groups in total. The van der Waals surface area contributed by atoms with Crippen LogP contribution in [0.1, 0.15) is 142 Å². The van der Waals surface area contributed by atoms with Crippen molar-refractivity contribution in [3.8, 4) is 0 Å². The molecule has 218 valence electrons. The Morgan fingerprint density at radius 3 is 1.41 bits per heavy atom. The lowest BCUT2D eigenvalue weighted by atomic mass is 9.94. The molecule has 0 aromatic carbocycles. The molecule has 0 aliphatic heterocycles. The van der Waals surface area contributed by atoms with Crippen molar-refractivity contribution in [2.45, 2.75) is 161 Å². The highest BCUT2D eigenvalue weighted by Crippen LogP contribution is 2.21. The van der Waals surface area contributed by atoms with E-state index in [9.17, 15) is 23.2 Å². The Hall–Kier alpha value is -1.77. The van der Waals surface area contributed by atoms with Gasteiger partial charge in [-0.2, -0.15) is 0 Å². The van der Waals surface area contributed by atoms with Gasteiger partial charge in [0.2, 0.25) is 6.29 Å². The van der Waals surface area contributed by atoms with E-state index in [0.29, 0.717) is 0 Å². The Balaban J connectivity index is 3.65. The monoisotopic (exact) mass is 535 g/mol. The van der Waals surface area contributed by atoms with Crippen LogP contribution in [0.15, 0.2) is 0 Å². The Morgan fingerprint density at radius 2 is 1.05 bits per heavy atom. The number of nitrogens with two attached hydrogens (primary N) is 1. The Morgan fingerprint density at radius 1 is 0.703 bits per heavy atom. The first-order chi connectivity index (χ1) is 17.6. The quantitative estimate of drug-likeness (QED) is 0.0716. The SMILES string of the molecule is CCCCCCCCCCCCCCCCCC(=O)OC(C)OC(=O)CCCCC(N)(C(=O)O)C(F)F. The summed E-state index contributed by atoms with van der Waals surface area (Å²) >= 11 is 0. The van der Waals surface area contributed by atoms with Crippen LogP contribution in [0.3, 0.4) is 0 Å². The van der Waals surface area contributed by atoms with Gasteiger partial charge in [-0.15, -0.1) is 0 Å². The minimum absolute atomic E-state index is 0.0234. The topological polar surface area (TPSA) is 116 Å². The van der Waals surface area contributed by atoms with Crippen LogP contribution in [-0.2, 0) is 23.9 Å². The lowest BCUT2D eigenvalue weighted by Crippen LogP contribution is -2.54. The molecule has 9 heteroatoms. The highest BCUT2D eigenvalue weighted by atomic mass is 19.3. The molecule has 0 radical (unpaired) electrons. The molecule has 0 saturated carbocycles. The fourth-order valence-corrected chi connectivity index (χ4v) is 4.15. The molecule has 0 amide bonds. The fourth-order valence-electron chi connectivity index (χ4n) is 4.15. The number of carboxylic acid groups (broad SMARTS) is 1. The van der Waals surface area contributed by atoms with Crippen molar-refractivity contribution in [2.75, 3.05) is 0 Å². The Bertz CT molecular complexity index is 619. The van der Waals surface area contributed by atoms with Gasteiger partial charge in [0.05, 0.1) is 0 Å². The lowest BCUT2D eigenvalue weighted by molar-refractivity contribution is -0.184. The van der Waals surface area contributed by atoms with Gasteiger partial charge in [0.25, 0.3) is 6.43 Å². The van der Waals surface area contributed by atoms with E-state index in [0.717, 1.165) is 19.3 Å². The van der Waals surface area contributed by atoms with E-state index in [-0.39, 0.29) is 25.7 Å². The molecule has 0 bridgehead atoms. The maximum Gasteiger partial charge on any atom is 0.329 e. The molecule has 0 aliphatic rings. The summed E-state index contributed by atoms with van der Waals surface area (Å²) in [6.07, 6.45) is 14.2. The van der Waals surface area contributed by atoms with Crippen molar-refractivity contribution >= 4 is 17.9 Å². The first-order valence-electron chi connectivity index (χ1n) is 14.3. The minimum Gasteiger partial charge on any atom is -0.480 e. The van der Waals surface area contributed by atoms with Crippen LogP contribution in [0.4, 0.5) is 8.78 Å². The van der Waals surface area contributed by atoms with Gasteiger partial charge >= 0.3 is 17.9 Å². The van der Waals surface area contributed by atoms with Crippen molar-refractivity contribution in [3.05, 3.63) is 0 Å². The Kier molecular flexibility index (Phi) is 21.2. The molecule has 37 heavy (non-hydrogen) atoms. The van der Waals surface area contributed by atoms with E-state index in [1.807, 2.05) is 0 Å². The molecule has 2 atom stereocenters. The third kappa shape index (κ3) is 19.0. The third-order valence-electron chi connectivity index (χ3n) is 6.59. The number of halogens is 2. The molecular formula is C28H51F2NO6. The van der Waals surface area contributed by atoms with Crippen molar-refractivity contribution in [1.29, 1.82) is 0 Å². The summed E-state index contributed by atoms with van der Waals surface area (Å²) in [4.78, 5) is 34.7. The van der Waals surface area contributed by atoms with Crippen LogP contribution in [0, 0.1) is 0 Å². The van der Waals surface area contributed by atoms with Gasteiger partial charge in [0.1, 0.15) is 0 Å². The number of carboxylic acids is 1. The van der Waals surface area contributed by atoms with E-state index in [2.05, 4.69) is 6.92 Å². The summed E-state index contributed by atoms with van der Waals surface area (Å²) in [5, 5.41) is 8.85. The van der Waals surface area contributed by atoms with Crippen molar-refractivity contribution in [2.24, 2.45) is 5.73 Å². The number of ether oxygens (including phenoxy) is 2. The van der Waals surface area contributed by atoms with Gasteiger partial charge < -0.3 is 20.3 Å². The predicted octanol–water partition coefficient (Wildman–Crippen LogP) is 7.29. The van der Waals surface area contributed by atoms with E-state index in [1.165, 1.54) is 84.0 Å². The Labute approximate surface area is 222 Å². The summed E-state index contributed by atoms with van der Waals surface area (Å²) in [6, 6.07) is 0. The van der Waals surface area contributed by atoms with E-state index in [1.54, 1.807) is 0 Å². The summed E-state index contributed by atoms with van der Waals surface area (Å²) in [6.45, 7) is 3.68. The minimum atomic E-state index is -3.21. The van der Waals surface area contributed by atoms with Crippen molar-refractivity contribution in [1.82, 2.24) is 0 Å². The van der Waals surface area contributed by atoms with Crippen molar-refractivity contribution < 1.29 is 37.7 Å². The zero-order chi connectivity index (χ0) is 27.9. The van der Waals surface area contributed by atoms with E-state index >= 15 is 0 Å². The van der Waals surface area contributed by atoms with Crippen LogP contribution >= 0.6 is 0 Å².